The van der Waals surface area contributed by atoms with E-state index in [1.165, 1.54) is 46.1 Å². The van der Waals surface area contributed by atoms with E-state index in [1.54, 1.807) is 0 Å². The van der Waals surface area contributed by atoms with Crippen LogP contribution in [-0.4, -0.2) is 33.0 Å². The third-order valence-corrected chi connectivity index (χ3v) is 13.2. The van der Waals surface area contributed by atoms with Crippen molar-refractivity contribution in [3.8, 4) is 22.3 Å². The minimum Gasteiger partial charge on any atom is -0.466 e. The van der Waals surface area contributed by atoms with Crippen molar-refractivity contribution in [1.29, 1.82) is 0 Å². The maximum absolute atomic E-state index is 14.0. The van der Waals surface area contributed by atoms with Gasteiger partial charge in [0.05, 0.1) is 46.4 Å². The van der Waals surface area contributed by atoms with Gasteiger partial charge in [0.2, 0.25) is 0 Å². The Labute approximate surface area is 331 Å². The second kappa shape index (κ2) is 13.9. The standard InChI is InChI=1S/C50H54N4O2/c1-12-34-28(7)43-41(32-20-16-26(5)17-21-32)45-30(9)36(14-3)47(53-45)37-24-38(49(55)56-11)50(15-4)31(10)46(54-48(37)50)42(33-22-18-27(6)19-23-33)44-29(8)35(13-2)40(52-44)25-39(34)51-43/h16-25,31,51,54H,12-15H2,1-11H3. The number of rotatable bonds is 7. The number of carbonyl (C=O) groups is 1. The van der Waals surface area contributed by atoms with Gasteiger partial charge in [-0.1, -0.05) is 94.3 Å². The van der Waals surface area contributed by atoms with Gasteiger partial charge in [-0.15, -0.1) is 0 Å². The van der Waals surface area contributed by atoms with Gasteiger partial charge in [-0.25, -0.2) is 14.8 Å². The van der Waals surface area contributed by atoms with Gasteiger partial charge in [0.1, 0.15) is 0 Å². The van der Waals surface area contributed by atoms with E-state index in [0.717, 1.165) is 97.8 Å². The van der Waals surface area contributed by atoms with Crippen LogP contribution in [0.15, 0.2) is 60.2 Å². The summed E-state index contributed by atoms with van der Waals surface area (Å²) < 4.78 is 5.59. The van der Waals surface area contributed by atoms with Gasteiger partial charge in [0, 0.05) is 39.5 Å². The molecule has 2 aromatic heterocycles. The number of carbonyl (C=O) groups excluding carboxylic acids is 1. The summed E-state index contributed by atoms with van der Waals surface area (Å²) in [6.45, 7) is 22.1. The molecule has 0 saturated heterocycles. The third kappa shape index (κ3) is 5.32. The van der Waals surface area contributed by atoms with Crippen LogP contribution in [0.1, 0.15) is 136 Å². The largest absolute Gasteiger partial charge is 0.466 e. The molecule has 0 saturated carbocycles. The highest BCUT2D eigenvalue weighted by Gasteiger charge is 2.54. The molecule has 0 fully saturated rings. The molecule has 4 aliphatic rings. The normalized spacial score (nSPS) is 18.1. The summed E-state index contributed by atoms with van der Waals surface area (Å²) in [5, 5.41) is 0. The molecule has 2 unspecified atom stereocenters. The zero-order valence-electron chi connectivity index (χ0n) is 34.9. The molecule has 8 bridgehead atoms. The Hall–Kier alpha value is -5.49. The number of ether oxygens (including phenoxy) is 1. The van der Waals surface area contributed by atoms with E-state index in [-0.39, 0.29) is 11.9 Å². The first kappa shape index (κ1) is 37.4. The van der Waals surface area contributed by atoms with E-state index >= 15 is 0 Å². The number of nitrogens with zero attached hydrogens (tertiary/aromatic N) is 2. The Bertz CT molecular complexity index is 2630. The van der Waals surface area contributed by atoms with Crippen LogP contribution in [0, 0.1) is 20.8 Å². The number of nitrogens with one attached hydrogen (secondary N) is 2. The number of methoxy groups -OCH3 is 1. The fraction of sp³-hybridized carbons (Fsp3) is 0.340. The minimum absolute atomic E-state index is 0.0962. The van der Waals surface area contributed by atoms with Crippen molar-refractivity contribution in [1.82, 2.24) is 19.9 Å². The Morgan fingerprint density at radius 1 is 0.750 bits per heavy atom. The predicted octanol–water partition coefficient (Wildman–Crippen LogP) is 12.6. The smallest absolute Gasteiger partial charge is 0.334 e. The lowest BCUT2D eigenvalue weighted by Crippen LogP contribution is -2.32. The molecular weight excluding hydrogens is 689 g/mol. The van der Waals surface area contributed by atoms with Gasteiger partial charge in [0.25, 0.3) is 0 Å². The van der Waals surface area contributed by atoms with E-state index in [2.05, 4.69) is 140 Å². The van der Waals surface area contributed by atoms with Crippen LogP contribution < -0.4 is 0 Å². The molecule has 0 spiro atoms. The number of hydrogen-bond donors (Lipinski definition) is 2. The van der Waals surface area contributed by atoms with Crippen LogP contribution in [0.25, 0.3) is 61.7 Å². The zero-order chi connectivity index (χ0) is 39.8. The highest BCUT2D eigenvalue weighted by Crippen LogP contribution is 2.58. The first-order valence-corrected chi connectivity index (χ1v) is 20.4. The summed E-state index contributed by atoms with van der Waals surface area (Å²) in [6, 6.07) is 19.9. The first-order valence-electron chi connectivity index (χ1n) is 20.4. The van der Waals surface area contributed by atoms with Crippen molar-refractivity contribution in [3.63, 3.8) is 0 Å². The summed E-state index contributed by atoms with van der Waals surface area (Å²) >= 11 is 0. The van der Waals surface area contributed by atoms with Gasteiger partial charge in [-0.3, -0.25) is 0 Å². The highest BCUT2D eigenvalue weighted by molar-refractivity contribution is 6.06. The topological polar surface area (TPSA) is 83.7 Å². The van der Waals surface area contributed by atoms with Crippen LogP contribution in [-0.2, 0) is 21.4 Å². The Balaban J connectivity index is 1.68. The van der Waals surface area contributed by atoms with Gasteiger partial charge >= 0.3 is 5.97 Å². The number of fused-ring (bicyclic) bond motifs is 8. The number of aromatic amines is 2. The molecule has 2 atom stereocenters. The summed E-state index contributed by atoms with van der Waals surface area (Å²) in [5.41, 5.74) is 23.1. The Kier molecular flexibility index (Phi) is 9.30. The summed E-state index contributed by atoms with van der Waals surface area (Å²) in [5.74, 6) is -0.399. The van der Waals surface area contributed by atoms with Crippen molar-refractivity contribution in [2.24, 2.45) is 0 Å². The molecule has 8 rings (SSSR count). The molecule has 56 heavy (non-hydrogen) atoms. The lowest BCUT2D eigenvalue weighted by atomic mass is 9.68. The average molecular weight is 743 g/mol. The lowest BCUT2D eigenvalue weighted by molar-refractivity contribution is -0.136. The number of H-pyrrole nitrogens is 2. The Morgan fingerprint density at radius 3 is 1.91 bits per heavy atom. The SMILES string of the molecule is CCC1=C(C)c2nc1cc1[nH]c(c(C)c1CC)c(-c1ccc(C)cc1)c1nc(c3c4[nH]c(c2-c2ccc(C)cc2)C(C)C4(CC)C(C(=O)OC)=C3)C(CC)=C1C. The second-order valence-electron chi connectivity index (χ2n) is 16.0. The van der Waals surface area contributed by atoms with E-state index in [9.17, 15) is 4.79 Å². The predicted molar refractivity (Wildman–Crippen MR) is 233 cm³/mol. The molecule has 4 aromatic rings. The average Bonchev–Trinajstić information content (AvgIpc) is 3.96. The fourth-order valence-corrected chi connectivity index (χ4v) is 10.1. The molecule has 2 aromatic carbocycles. The quantitative estimate of drug-likeness (QED) is 0.185. The van der Waals surface area contributed by atoms with E-state index in [0.29, 0.717) is 12.0 Å². The number of allylic oxidation sites excluding steroid dienone is 4. The molecular formula is C50H54N4O2. The monoisotopic (exact) mass is 742 g/mol. The number of esters is 1. The molecule has 6 heteroatoms. The first-order chi connectivity index (χ1) is 26.9. The summed E-state index contributed by atoms with van der Waals surface area (Å²) in [7, 11) is 1.49. The molecule has 3 aliphatic heterocycles. The fourth-order valence-electron chi connectivity index (χ4n) is 10.1. The molecule has 286 valence electrons. The lowest BCUT2D eigenvalue weighted by Gasteiger charge is -2.32. The number of aryl methyl sites for hydroxylation is 4. The van der Waals surface area contributed by atoms with Crippen molar-refractivity contribution in [2.45, 2.75) is 106 Å². The number of aromatic nitrogens is 4. The third-order valence-electron chi connectivity index (χ3n) is 13.2. The second-order valence-corrected chi connectivity index (χ2v) is 16.0. The van der Waals surface area contributed by atoms with Gasteiger partial charge in [-0.2, -0.15) is 0 Å². The van der Waals surface area contributed by atoms with Crippen molar-refractivity contribution < 1.29 is 9.53 Å². The van der Waals surface area contributed by atoms with Crippen LogP contribution in [0.5, 0.6) is 0 Å². The maximum Gasteiger partial charge on any atom is 0.334 e. The van der Waals surface area contributed by atoms with Gasteiger partial charge in [-0.05, 0) is 117 Å². The highest BCUT2D eigenvalue weighted by atomic mass is 16.5. The van der Waals surface area contributed by atoms with Crippen LogP contribution in [0.2, 0.25) is 0 Å². The zero-order valence-corrected chi connectivity index (χ0v) is 34.9. The van der Waals surface area contributed by atoms with E-state index in [1.807, 2.05) is 0 Å². The van der Waals surface area contributed by atoms with Crippen molar-refractivity contribution in [3.05, 3.63) is 122 Å². The molecule has 1 aliphatic carbocycles. The minimum atomic E-state index is -0.646. The van der Waals surface area contributed by atoms with Crippen molar-refractivity contribution >= 4 is 45.4 Å². The van der Waals surface area contributed by atoms with E-state index in [4.69, 9.17) is 14.7 Å². The molecule has 6 nitrogen and oxygen atoms in total. The summed E-state index contributed by atoms with van der Waals surface area (Å²) in [6.07, 6.45) is 5.30. The Morgan fingerprint density at radius 2 is 1.34 bits per heavy atom. The van der Waals surface area contributed by atoms with Gasteiger partial charge in [0.15, 0.2) is 0 Å². The number of benzene rings is 2. The van der Waals surface area contributed by atoms with Gasteiger partial charge < -0.3 is 14.7 Å². The van der Waals surface area contributed by atoms with Crippen molar-refractivity contribution in [2.75, 3.05) is 7.11 Å². The van der Waals surface area contributed by atoms with Crippen LogP contribution in [0.3, 0.4) is 0 Å². The molecule has 2 N–H and O–H groups in total. The molecule has 0 radical (unpaired) electrons. The molecule has 5 heterocycles. The van der Waals surface area contributed by atoms with Crippen LogP contribution >= 0.6 is 0 Å². The summed E-state index contributed by atoms with van der Waals surface area (Å²) in [4.78, 5) is 33.3. The van der Waals surface area contributed by atoms with Crippen LogP contribution in [0.4, 0.5) is 0 Å². The maximum atomic E-state index is 14.0. The molecule has 0 amide bonds. The van der Waals surface area contributed by atoms with E-state index < -0.39 is 5.41 Å². The number of hydrogen-bond acceptors (Lipinski definition) is 4.